The van der Waals surface area contributed by atoms with Gasteiger partial charge in [-0.15, -0.1) is 11.6 Å². The molecule has 0 radical (unpaired) electrons. The van der Waals surface area contributed by atoms with Crippen LogP contribution < -0.4 is 10.0 Å². The Bertz CT molecular complexity index is 485. The van der Waals surface area contributed by atoms with Crippen molar-refractivity contribution in [3.63, 3.8) is 0 Å². The van der Waals surface area contributed by atoms with E-state index in [9.17, 15) is 13.2 Å². The molecule has 0 aliphatic heterocycles. The van der Waals surface area contributed by atoms with E-state index in [1.54, 1.807) is 24.3 Å². The topological polar surface area (TPSA) is 75.3 Å². The summed E-state index contributed by atoms with van der Waals surface area (Å²) in [6, 6.07) is 6.36. The van der Waals surface area contributed by atoms with Gasteiger partial charge in [0.25, 0.3) is 0 Å². The summed E-state index contributed by atoms with van der Waals surface area (Å²) < 4.78 is 24.2. The van der Waals surface area contributed by atoms with E-state index in [4.69, 9.17) is 11.6 Å². The second kappa shape index (κ2) is 5.88. The number of rotatable bonds is 5. The summed E-state index contributed by atoms with van der Waals surface area (Å²) in [5.41, 5.74) is 1.04. The van der Waals surface area contributed by atoms with Gasteiger partial charge in [0, 0.05) is 23.7 Å². The van der Waals surface area contributed by atoms with Gasteiger partial charge in [-0.2, -0.15) is 0 Å². The highest BCUT2D eigenvalue weighted by molar-refractivity contribution is 7.92. The van der Waals surface area contributed by atoms with Gasteiger partial charge in [0.2, 0.25) is 15.9 Å². The Labute approximate surface area is 105 Å². The van der Waals surface area contributed by atoms with Crippen molar-refractivity contribution in [1.29, 1.82) is 0 Å². The minimum absolute atomic E-state index is 0.177. The van der Waals surface area contributed by atoms with Crippen molar-refractivity contribution in [3.05, 3.63) is 24.3 Å². The number of carbonyl (C=O) groups is 1. The summed E-state index contributed by atoms with van der Waals surface area (Å²) in [7, 11) is -3.28. The first-order valence-electron chi connectivity index (χ1n) is 4.84. The molecule has 1 aromatic rings. The number of halogens is 1. The number of carbonyl (C=O) groups excluding carboxylic acids is 1. The number of amides is 1. The lowest BCUT2D eigenvalue weighted by molar-refractivity contribution is -0.115. The van der Waals surface area contributed by atoms with E-state index in [1.165, 1.54) is 0 Å². The lowest BCUT2D eigenvalue weighted by Crippen LogP contribution is -2.12. The Morgan fingerprint density at radius 1 is 1.24 bits per heavy atom. The second-order valence-electron chi connectivity index (χ2n) is 3.44. The number of benzene rings is 1. The lowest BCUT2D eigenvalue weighted by atomic mass is 10.3. The smallest absolute Gasteiger partial charge is 0.229 e. The normalized spacial score (nSPS) is 10.9. The van der Waals surface area contributed by atoms with E-state index in [0.717, 1.165) is 6.26 Å². The number of hydrogen-bond acceptors (Lipinski definition) is 3. The van der Waals surface area contributed by atoms with Crippen LogP contribution in [0, 0.1) is 0 Å². The first-order valence-corrected chi connectivity index (χ1v) is 7.27. The molecule has 0 spiro atoms. The largest absolute Gasteiger partial charge is 0.326 e. The third-order valence-corrected chi connectivity index (χ3v) is 2.59. The summed E-state index contributed by atoms with van der Waals surface area (Å²) >= 11 is 5.42. The van der Waals surface area contributed by atoms with Gasteiger partial charge >= 0.3 is 0 Å². The van der Waals surface area contributed by atoms with Gasteiger partial charge in [-0.3, -0.25) is 9.52 Å². The number of sulfonamides is 1. The Kier molecular flexibility index (Phi) is 4.77. The van der Waals surface area contributed by atoms with Gasteiger partial charge in [0.15, 0.2) is 0 Å². The zero-order valence-electron chi connectivity index (χ0n) is 9.23. The van der Waals surface area contributed by atoms with Gasteiger partial charge in [-0.1, -0.05) is 0 Å². The molecule has 5 nitrogen and oxygen atoms in total. The highest BCUT2D eigenvalue weighted by Gasteiger charge is 2.03. The van der Waals surface area contributed by atoms with Crippen molar-refractivity contribution in [2.75, 3.05) is 22.2 Å². The predicted molar refractivity (Wildman–Crippen MR) is 68.9 cm³/mol. The zero-order chi connectivity index (χ0) is 12.9. The summed E-state index contributed by atoms with van der Waals surface area (Å²) in [4.78, 5) is 11.2. The highest BCUT2D eigenvalue weighted by atomic mass is 35.5. The van der Waals surface area contributed by atoms with Crippen LogP contribution in [0.2, 0.25) is 0 Å². The second-order valence-corrected chi connectivity index (χ2v) is 5.57. The molecule has 1 amide bonds. The van der Waals surface area contributed by atoms with Crippen molar-refractivity contribution in [2.45, 2.75) is 6.42 Å². The van der Waals surface area contributed by atoms with E-state index in [1.807, 2.05) is 0 Å². The molecule has 0 bridgehead atoms. The zero-order valence-corrected chi connectivity index (χ0v) is 10.8. The van der Waals surface area contributed by atoms with Crippen molar-refractivity contribution >= 4 is 38.9 Å². The fourth-order valence-corrected chi connectivity index (χ4v) is 1.88. The van der Waals surface area contributed by atoms with E-state index in [0.29, 0.717) is 11.4 Å². The Balaban J connectivity index is 2.65. The monoisotopic (exact) mass is 276 g/mol. The van der Waals surface area contributed by atoms with Crippen LogP contribution in [0.3, 0.4) is 0 Å². The average Bonchev–Trinajstić information content (AvgIpc) is 2.19. The fraction of sp³-hybridized carbons (Fsp3) is 0.300. The number of nitrogens with one attached hydrogen (secondary N) is 2. The molecule has 0 atom stereocenters. The fourth-order valence-electron chi connectivity index (χ4n) is 1.14. The summed E-state index contributed by atoms with van der Waals surface area (Å²) in [6.45, 7) is 0. The first-order chi connectivity index (χ1) is 7.90. The average molecular weight is 277 g/mol. The maximum absolute atomic E-state index is 11.2. The van der Waals surface area contributed by atoms with Gasteiger partial charge in [-0.25, -0.2) is 8.42 Å². The number of alkyl halides is 1. The van der Waals surface area contributed by atoms with E-state index < -0.39 is 10.0 Å². The van der Waals surface area contributed by atoms with Crippen molar-refractivity contribution in [1.82, 2.24) is 0 Å². The van der Waals surface area contributed by atoms with Crippen LogP contribution in [0.5, 0.6) is 0 Å². The third-order valence-electron chi connectivity index (χ3n) is 1.79. The highest BCUT2D eigenvalue weighted by Crippen LogP contribution is 2.14. The Morgan fingerprint density at radius 3 is 2.24 bits per heavy atom. The summed E-state index contributed by atoms with van der Waals surface area (Å²) in [6.07, 6.45) is 1.31. The lowest BCUT2D eigenvalue weighted by Gasteiger charge is -2.06. The van der Waals surface area contributed by atoms with Crippen LogP contribution in [0.25, 0.3) is 0 Å². The van der Waals surface area contributed by atoms with Gasteiger partial charge < -0.3 is 5.32 Å². The first kappa shape index (κ1) is 13.8. The van der Waals surface area contributed by atoms with E-state index >= 15 is 0 Å². The molecule has 0 heterocycles. The van der Waals surface area contributed by atoms with Crippen LogP contribution >= 0.6 is 11.6 Å². The molecule has 0 aliphatic rings. The van der Waals surface area contributed by atoms with Crippen molar-refractivity contribution in [3.8, 4) is 0 Å². The van der Waals surface area contributed by atoms with Crippen LogP contribution in [0.4, 0.5) is 11.4 Å². The number of hydrogen-bond donors (Lipinski definition) is 2. The Morgan fingerprint density at radius 2 is 1.76 bits per heavy atom. The summed E-state index contributed by atoms with van der Waals surface area (Å²) in [5, 5.41) is 2.63. The molecule has 0 aliphatic carbocycles. The molecule has 0 saturated carbocycles. The van der Waals surface area contributed by atoms with Crippen LogP contribution in [-0.4, -0.2) is 26.5 Å². The SMILES string of the molecule is CS(=O)(=O)Nc1ccc(NC(=O)CCCl)cc1. The van der Waals surface area contributed by atoms with E-state index in [2.05, 4.69) is 10.0 Å². The maximum atomic E-state index is 11.2. The van der Waals surface area contributed by atoms with Crippen LogP contribution in [-0.2, 0) is 14.8 Å². The molecule has 0 aromatic heterocycles. The third kappa shape index (κ3) is 5.55. The Hall–Kier alpha value is -1.27. The van der Waals surface area contributed by atoms with Crippen molar-refractivity contribution < 1.29 is 13.2 Å². The molecule has 7 heteroatoms. The molecule has 94 valence electrons. The minimum Gasteiger partial charge on any atom is -0.326 e. The van der Waals surface area contributed by atoms with Gasteiger partial charge in [0.1, 0.15) is 0 Å². The standard InChI is InChI=1S/C10H13ClN2O3S/c1-17(15,16)13-9-4-2-8(3-5-9)12-10(14)6-7-11/h2-5,13H,6-7H2,1H3,(H,12,14). The molecule has 0 fully saturated rings. The van der Waals surface area contributed by atoms with Gasteiger partial charge in [0.05, 0.1) is 6.26 Å². The molecular weight excluding hydrogens is 264 g/mol. The number of anilines is 2. The quantitative estimate of drug-likeness (QED) is 0.803. The van der Waals surface area contributed by atoms with Crippen LogP contribution in [0.1, 0.15) is 6.42 Å². The van der Waals surface area contributed by atoms with Crippen molar-refractivity contribution in [2.24, 2.45) is 0 Å². The predicted octanol–water partition coefficient (Wildman–Crippen LogP) is 1.63. The molecule has 2 N–H and O–H groups in total. The molecule has 0 unspecified atom stereocenters. The molecule has 0 saturated heterocycles. The molecule has 17 heavy (non-hydrogen) atoms. The molecule has 1 rings (SSSR count). The van der Waals surface area contributed by atoms with Crippen LogP contribution in [0.15, 0.2) is 24.3 Å². The minimum atomic E-state index is -3.28. The van der Waals surface area contributed by atoms with Gasteiger partial charge in [-0.05, 0) is 24.3 Å². The maximum Gasteiger partial charge on any atom is 0.229 e. The van der Waals surface area contributed by atoms with E-state index in [-0.39, 0.29) is 18.2 Å². The molecule has 1 aromatic carbocycles. The molecular formula is C10H13ClN2O3S. The summed E-state index contributed by atoms with van der Waals surface area (Å²) in [5.74, 6) is 0.0864.